The topological polar surface area (TPSA) is 44.1 Å². The lowest BCUT2D eigenvalue weighted by atomic mass is 9.75. The van der Waals surface area contributed by atoms with Gasteiger partial charge in [-0.25, -0.2) is 0 Å². The molecule has 0 spiro atoms. The van der Waals surface area contributed by atoms with Crippen LogP contribution in [-0.4, -0.2) is 22.8 Å². The van der Waals surface area contributed by atoms with Gasteiger partial charge in [-0.2, -0.15) is 5.26 Å². The Morgan fingerprint density at radius 2 is 1.70 bits per heavy atom. The summed E-state index contributed by atoms with van der Waals surface area (Å²) in [7, 11) is 0. The first-order valence-electron chi connectivity index (χ1n) is 10.0. The minimum absolute atomic E-state index is 0.165. The van der Waals surface area contributed by atoms with Crippen LogP contribution in [0, 0.1) is 17.2 Å². The summed E-state index contributed by atoms with van der Waals surface area (Å²) in [6, 6.07) is 21.4. The van der Waals surface area contributed by atoms with Crippen molar-refractivity contribution in [3.63, 3.8) is 0 Å². The summed E-state index contributed by atoms with van der Waals surface area (Å²) in [6.07, 6.45) is 6.12. The molecule has 4 rings (SSSR count). The molecule has 0 N–H and O–H groups in total. The van der Waals surface area contributed by atoms with Crippen molar-refractivity contribution >= 4 is 5.78 Å². The third kappa shape index (κ3) is 4.12. The van der Waals surface area contributed by atoms with E-state index in [9.17, 15) is 4.79 Å². The average molecular weight is 358 g/mol. The Bertz CT molecular complexity index is 825. The summed E-state index contributed by atoms with van der Waals surface area (Å²) in [5, 5.41) is 9.06. The van der Waals surface area contributed by atoms with E-state index in [0.29, 0.717) is 29.9 Å². The number of benzene rings is 2. The molecule has 3 heteroatoms. The molecule has 3 nitrogen and oxygen atoms in total. The van der Waals surface area contributed by atoms with Gasteiger partial charge in [-0.3, -0.25) is 9.69 Å². The Morgan fingerprint density at radius 1 is 1.00 bits per heavy atom. The van der Waals surface area contributed by atoms with Gasteiger partial charge in [-0.15, -0.1) is 0 Å². The lowest BCUT2D eigenvalue weighted by Crippen LogP contribution is -2.52. The Kier molecular flexibility index (Phi) is 5.36. The molecule has 2 atom stereocenters. The van der Waals surface area contributed by atoms with Crippen molar-refractivity contribution in [1.29, 1.82) is 5.26 Å². The third-order valence-electron chi connectivity index (χ3n) is 6.22. The van der Waals surface area contributed by atoms with Gasteiger partial charge >= 0.3 is 0 Å². The summed E-state index contributed by atoms with van der Waals surface area (Å²) in [5.74, 6) is 0.513. The number of rotatable bonds is 5. The molecular weight excluding hydrogens is 332 g/mol. The molecule has 0 saturated carbocycles. The molecule has 2 heterocycles. The first kappa shape index (κ1) is 17.9. The second-order valence-corrected chi connectivity index (χ2v) is 8.02. The Balaban J connectivity index is 1.43. The number of carbonyl (C=O) groups is 1. The van der Waals surface area contributed by atoms with Crippen LogP contribution in [0.1, 0.15) is 48.8 Å². The molecule has 2 aromatic rings. The first-order chi connectivity index (χ1) is 13.2. The summed E-state index contributed by atoms with van der Waals surface area (Å²) >= 11 is 0. The number of nitriles is 1. The molecule has 2 unspecified atom stereocenters. The van der Waals surface area contributed by atoms with E-state index in [2.05, 4.69) is 41.3 Å². The molecule has 2 fully saturated rings. The van der Waals surface area contributed by atoms with Gasteiger partial charge in [0.2, 0.25) is 0 Å². The van der Waals surface area contributed by atoms with Gasteiger partial charge in [0.05, 0.1) is 11.6 Å². The quantitative estimate of drug-likeness (QED) is 0.790. The maximum atomic E-state index is 13.0. The van der Waals surface area contributed by atoms with Gasteiger partial charge in [0.15, 0.2) is 0 Å². The maximum absolute atomic E-state index is 13.0. The summed E-state index contributed by atoms with van der Waals surface area (Å²) in [6.45, 7) is 1.00. The van der Waals surface area contributed by atoms with Crippen LogP contribution in [-0.2, 0) is 17.8 Å². The van der Waals surface area contributed by atoms with Gasteiger partial charge in [0.25, 0.3) is 0 Å². The number of hydrogen-bond donors (Lipinski definition) is 0. The highest BCUT2D eigenvalue weighted by atomic mass is 16.1. The normalized spacial score (nSPS) is 24.9. The molecule has 0 amide bonds. The maximum Gasteiger partial charge on any atom is 0.140 e. The zero-order chi connectivity index (χ0) is 18.6. The molecule has 2 aliphatic heterocycles. The fraction of sp³-hybridized carbons (Fsp3) is 0.417. The lowest BCUT2D eigenvalue weighted by Gasteiger charge is -2.48. The molecule has 2 bridgehead atoms. The van der Waals surface area contributed by atoms with E-state index in [4.69, 9.17) is 5.26 Å². The number of piperidine rings is 2. The highest BCUT2D eigenvalue weighted by Gasteiger charge is 2.40. The van der Waals surface area contributed by atoms with Crippen LogP contribution in [0.5, 0.6) is 0 Å². The smallest absolute Gasteiger partial charge is 0.140 e. The third-order valence-corrected chi connectivity index (χ3v) is 6.22. The number of Topliss-reactive ketones (excluding diaryl/α,β-unsaturated/α-hetero) is 1. The zero-order valence-corrected chi connectivity index (χ0v) is 15.7. The van der Waals surface area contributed by atoms with Crippen LogP contribution >= 0.6 is 0 Å². The molecule has 27 heavy (non-hydrogen) atoms. The number of hydrogen-bond acceptors (Lipinski definition) is 3. The van der Waals surface area contributed by atoms with Gasteiger partial charge in [0.1, 0.15) is 5.78 Å². The molecule has 0 radical (unpaired) electrons. The predicted molar refractivity (Wildman–Crippen MR) is 106 cm³/mol. The second-order valence-electron chi connectivity index (χ2n) is 8.02. The van der Waals surface area contributed by atoms with Gasteiger partial charge in [-0.05, 0) is 48.9 Å². The monoisotopic (exact) mass is 358 g/mol. The van der Waals surface area contributed by atoms with Crippen LogP contribution < -0.4 is 0 Å². The van der Waals surface area contributed by atoms with Crippen molar-refractivity contribution < 1.29 is 4.79 Å². The van der Waals surface area contributed by atoms with Crippen LogP contribution in [0.15, 0.2) is 54.6 Å². The average Bonchev–Trinajstić information content (AvgIpc) is 2.68. The fourth-order valence-corrected chi connectivity index (χ4v) is 4.89. The highest BCUT2D eigenvalue weighted by Crippen LogP contribution is 2.38. The SMILES string of the molecule is N#Cc1cccc(CC(=O)C2CC3CCCC(C2)N3Cc2ccccc2)c1. The van der Waals surface area contributed by atoms with Crippen LogP contribution in [0.3, 0.4) is 0 Å². The predicted octanol–water partition coefficient (Wildman–Crippen LogP) is 4.50. The van der Waals surface area contributed by atoms with Crippen LogP contribution in [0.2, 0.25) is 0 Å². The second kappa shape index (κ2) is 8.06. The standard InChI is InChI=1S/C24H26N2O/c25-16-20-9-4-8-19(12-20)13-24(27)21-14-22-10-5-11-23(15-21)26(22)17-18-6-2-1-3-7-18/h1-4,6-9,12,21-23H,5,10-11,13-15,17H2. The highest BCUT2D eigenvalue weighted by molar-refractivity contribution is 5.83. The number of nitrogens with zero attached hydrogens (tertiary/aromatic N) is 2. The van der Waals surface area contributed by atoms with E-state index in [0.717, 1.165) is 24.9 Å². The van der Waals surface area contributed by atoms with Gasteiger partial charge in [0, 0.05) is 31.0 Å². The lowest BCUT2D eigenvalue weighted by molar-refractivity contribution is -0.126. The van der Waals surface area contributed by atoms with E-state index in [-0.39, 0.29) is 5.92 Å². The van der Waals surface area contributed by atoms with Crippen molar-refractivity contribution in [1.82, 2.24) is 4.90 Å². The Morgan fingerprint density at radius 3 is 2.41 bits per heavy atom. The van der Waals surface area contributed by atoms with E-state index in [1.165, 1.54) is 24.8 Å². The zero-order valence-electron chi connectivity index (χ0n) is 15.7. The van der Waals surface area contributed by atoms with E-state index < -0.39 is 0 Å². The van der Waals surface area contributed by atoms with Crippen LogP contribution in [0.4, 0.5) is 0 Å². The van der Waals surface area contributed by atoms with E-state index >= 15 is 0 Å². The minimum atomic E-state index is 0.165. The van der Waals surface area contributed by atoms with Crippen LogP contribution in [0.25, 0.3) is 0 Å². The van der Waals surface area contributed by atoms with E-state index in [1.807, 2.05) is 18.2 Å². The Hall–Kier alpha value is -2.44. The molecule has 2 saturated heterocycles. The largest absolute Gasteiger partial charge is 0.299 e. The minimum Gasteiger partial charge on any atom is -0.299 e. The molecule has 138 valence electrons. The molecule has 0 aliphatic carbocycles. The number of carbonyl (C=O) groups excluding carboxylic acids is 1. The summed E-state index contributed by atoms with van der Waals surface area (Å²) in [5.41, 5.74) is 2.97. The first-order valence-corrected chi connectivity index (χ1v) is 10.0. The van der Waals surface area contributed by atoms with Crippen molar-refractivity contribution in [2.75, 3.05) is 0 Å². The molecule has 2 aromatic carbocycles. The molecule has 0 aromatic heterocycles. The molecule has 2 aliphatic rings. The molecular formula is C24H26N2O. The van der Waals surface area contributed by atoms with Crippen molar-refractivity contribution in [2.45, 2.75) is 57.2 Å². The van der Waals surface area contributed by atoms with E-state index in [1.54, 1.807) is 6.07 Å². The van der Waals surface area contributed by atoms with Crippen molar-refractivity contribution in [3.05, 3.63) is 71.3 Å². The number of fused-ring (bicyclic) bond motifs is 2. The number of ketones is 1. The Labute approximate surface area is 161 Å². The van der Waals surface area contributed by atoms with Crippen molar-refractivity contribution in [2.24, 2.45) is 5.92 Å². The summed E-state index contributed by atoms with van der Waals surface area (Å²) in [4.78, 5) is 15.6. The van der Waals surface area contributed by atoms with Crippen molar-refractivity contribution in [3.8, 4) is 6.07 Å². The van der Waals surface area contributed by atoms with Gasteiger partial charge < -0.3 is 0 Å². The van der Waals surface area contributed by atoms with Gasteiger partial charge in [-0.1, -0.05) is 48.9 Å². The summed E-state index contributed by atoms with van der Waals surface area (Å²) < 4.78 is 0. The fourth-order valence-electron chi connectivity index (χ4n) is 4.89.